The van der Waals surface area contributed by atoms with Crippen LogP contribution in [0.1, 0.15) is 0 Å². The molecule has 0 aliphatic rings. The number of hydrogen-bond acceptors (Lipinski definition) is 4. The minimum absolute atomic E-state index is 0.575. The number of hydrogen-bond donors (Lipinski definition) is 0. The first kappa shape index (κ1) is 35.5. The molecule has 0 fully saturated rings. The maximum atomic E-state index is 7.04. The SMILES string of the molecule is c1ccc(-c2nc(-c3ccccc3)nc(-c3cc(-c4ccccc4-c4ccccc4)ccc3-c3cccc4c3oc3ccc5c6ccccc6n(-c6ccccc6)c5c34)n2)cc1. The van der Waals surface area contributed by atoms with E-state index in [9.17, 15) is 0 Å². The molecule has 62 heavy (non-hydrogen) atoms. The minimum atomic E-state index is 0.575. The molecule has 0 radical (unpaired) electrons. The Balaban J connectivity index is 1.15. The topological polar surface area (TPSA) is 56.7 Å². The van der Waals surface area contributed by atoms with Gasteiger partial charge >= 0.3 is 0 Å². The van der Waals surface area contributed by atoms with E-state index in [1.807, 2.05) is 60.7 Å². The van der Waals surface area contributed by atoms with E-state index in [1.165, 1.54) is 10.8 Å². The van der Waals surface area contributed by atoms with Crippen molar-refractivity contribution in [2.75, 3.05) is 0 Å². The normalized spacial score (nSPS) is 11.5. The summed E-state index contributed by atoms with van der Waals surface area (Å²) in [6.07, 6.45) is 0. The fourth-order valence-corrected chi connectivity index (χ4v) is 9.06. The molecule has 0 amide bonds. The van der Waals surface area contributed by atoms with E-state index in [4.69, 9.17) is 19.4 Å². The van der Waals surface area contributed by atoms with E-state index in [-0.39, 0.29) is 0 Å². The highest BCUT2D eigenvalue weighted by atomic mass is 16.3. The van der Waals surface area contributed by atoms with Crippen LogP contribution in [0.2, 0.25) is 0 Å². The summed E-state index contributed by atoms with van der Waals surface area (Å²) >= 11 is 0. The first-order valence-electron chi connectivity index (χ1n) is 20.9. The van der Waals surface area contributed by atoms with Gasteiger partial charge in [-0.1, -0.05) is 182 Å². The highest BCUT2D eigenvalue weighted by Crippen LogP contribution is 2.46. The highest BCUT2D eigenvalue weighted by molar-refractivity contribution is 6.25. The van der Waals surface area contributed by atoms with Crippen molar-refractivity contribution in [2.45, 2.75) is 0 Å². The first-order valence-corrected chi connectivity index (χ1v) is 20.9. The second kappa shape index (κ2) is 14.7. The predicted molar refractivity (Wildman–Crippen MR) is 254 cm³/mol. The molecule has 0 unspecified atom stereocenters. The van der Waals surface area contributed by atoms with Gasteiger partial charge in [-0.25, -0.2) is 15.0 Å². The molecule has 5 heteroatoms. The highest BCUT2D eigenvalue weighted by Gasteiger charge is 2.23. The fourth-order valence-electron chi connectivity index (χ4n) is 9.06. The van der Waals surface area contributed by atoms with Crippen molar-refractivity contribution in [3.05, 3.63) is 218 Å². The van der Waals surface area contributed by atoms with Gasteiger partial charge in [0.25, 0.3) is 0 Å². The van der Waals surface area contributed by atoms with E-state index in [2.05, 4.69) is 162 Å². The largest absolute Gasteiger partial charge is 0.455 e. The number of rotatable bonds is 7. The summed E-state index contributed by atoms with van der Waals surface area (Å²) in [5.41, 5.74) is 14.1. The number of fused-ring (bicyclic) bond motifs is 7. The molecule has 3 heterocycles. The smallest absolute Gasteiger partial charge is 0.164 e. The summed E-state index contributed by atoms with van der Waals surface area (Å²) in [5.74, 6) is 1.79. The van der Waals surface area contributed by atoms with Gasteiger partial charge in [-0.15, -0.1) is 0 Å². The lowest BCUT2D eigenvalue weighted by atomic mass is 9.90. The third-order valence-electron chi connectivity index (χ3n) is 11.9. The Morgan fingerprint density at radius 1 is 0.339 bits per heavy atom. The standard InChI is InChI=1S/C57H36N4O/c1-5-18-37(19-6-1)42-26-13-14-27-43(42)40-32-33-44(49(36-40)57-59-55(38-20-7-2-8-21-38)58-56(60-57)39-22-9-3-10-23-39)47-29-17-30-48-52-51(62-54(47)48)35-34-46-45-28-15-16-31-50(45)61(53(46)52)41-24-11-4-12-25-41/h1-36H. The van der Waals surface area contributed by atoms with Gasteiger partial charge in [0.15, 0.2) is 17.5 Å². The molecule has 0 saturated carbocycles. The Labute approximate surface area is 357 Å². The average molecular weight is 793 g/mol. The quantitative estimate of drug-likeness (QED) is 0.161. The first-order chi connectivity index (χ1) is 30.8. The number of nitrogens with zero attached hydrogens (tertiary/aromatic N) is 4. The van der Waals surface area contributed by atoms with Gasteiger partial charge in [0, 0.05) is 44.1 Å². The molecule has 3 aromatic heterocycles. The van der Waals surface area contributed by atoms with Crippen LogP contribution in [0, 0.1) is 0 Å². The lowest BCUT2D eigenvalue weighted by Crippen LogP contribution is -2.01. The lowest BCUT2D eigenvalue weighted by Gasteiger charge is -2.16. The van der Waals surface area contributed by atoms with Crippen LogP contribution >= 0.6 is 0 Å². The summed E-state index contributed by atoms with van der Waals surface area (Å²) in [6.45, 7) is 0. The number of para-hydroxylation sites is 3. The zero-order valence-corrected chi connectivity index (χ0v) is 33.5. The maximum absolute atomic E-state index is 7.04. The Morgan fingerprint density at radius 3 is 1.58 bits per heavy atom. The van der Waals surface area contributed by atoms with Gasteiger partial charge in [0.2, 0.25) is 0 Å². The summed E-state index contributed by atoms with van der Waals surface area (Å²) in [5, 5.41) is 4.50. The Hall–Kier alpha value is -8.41. The molecule has 0 N–H and O–H groups in total. The number of benzene rings is 9. The molecule has 0 bridgehead atoms. The Bertz CT molecular complexity index is 3560. The monoisotopic (exact) mass is 792 g/mol. The van der Waals surface area contributed by atoms with Crippen LogP contribution in [0.4, 0.5) is 0 Å². The molecule has 0 aliphatic carbocycles. The van der Waals surface area contributed by atoms with Crippen molar-refractivity contribution in [3.8, 4) is 73.2 Å². The van der Waals surface area contributed by atoms with Crippen molar-refractivity contribution in [1.82, 2.24) is 19.5 Å². The van der Waals surface area contributed by atoms with E-state index in [1.54, 1.807) is 0 Å². The summed E-state index contributed by atoms with van der Waals surface area (Å²) in [4.78, 5) is 15.6. The van der Waals surface area contributed by atoms with E-state index in [0.717, 1.165) is 88.7 Å². The van der Waals surface area contributed by atoms with Crippen molar-refractivity contribution < 1.29 is 4.42 Å². The van der Waals surface area contributed by atoms with E-state index in [0.29, 0.717) is 17.5 Å². The summed E-state index contributed by atoms with van der Waals surface area (Å²) < 4.78 is 9.41. The predicted octanol–water partition coefficient (Wildman–Crippen LogP) is 14.9. The van der Waals surface area contributed by atoms with Gasteiger partial charge in [-0.2, -0.15) is 0 Å². The van der Waals surface area contributed by atoms with Crippen LogP contribution in [0.25, 0.3) is 117 Å². The number of furan rings is 1. The second-order valence-electron chi connectivity index (χ2n) is 15.5. The van der Waals surface area contributed by atoms with Gasteiger partial charge < -0.3 is 8.98 Å². The third-order valence-corrected chi connectivity index (χ3v) is 11.9. The van der Waals surface area contributed by atoms with Crippen molar-refractivity contribution in [3.63, 3.8) is 0 Å². The minimum Gasteiger partial charge on any atom is -0.455 e. The zero-order chi connectivity index (χ0) is 41.0. The third kappa shape index (κ3) is 5.90. The van der Waals surface area contributed by atoms with Gasteiger partial charge in [-0.05, 0) is 64.2 Å². The van der Waals surface area contributed by atoms with E-state index >= 15 is 0 Å². The molecule has 290 valence electrons. The van der Waals surface area contributed by atoms with Crippen LogP contribution in [-0.2, 0) is 0 Å². The van der Waals surface area contributed by atoms with E-state index < -0.39 is 0 Å². The molecule has 9 aromatic carbocycles. The zero-order valence-electron chi connectivity index (χ0n) is 33.5. The molecule has 0 atom stereocenters. The Kier molecular flexibility index (Phi) is 8.42. The van der Waals surface area contributed by atoms with Gasteiger partial charge in [0.05, 0.1) is 16.4 Å². The molecule has 0 saturated heterocycles. The maximum Gasteiger partial charge on any atom is 0.164 e. The second-order valence-corrected chi connectivity index (χ2v) is 15.5. The molecule has 12 aromatic rings. The molecular weight excluding hydrogens is 757 g/mol. The lowest BCUT2D eigenvalue weighted by molar-refractivity contribution is 0.670. The van der Waals surface area contributed by atoms with Crippen LogP contribution < -0.4 is 0 Å². The molecule has 12 rings (SSSR count). The van der Waals surface area contributed by atoms with Crippen LogP contribution in [0.15, 0.2) is 223 Å². The fraction of sp³-hybridized carbons (Fsp3) is 0. The van der Waals surface area contributed by atoms with Crippen molar-refractivity contribution in [1.29, 1.82) is 0 Å². The average Bonchev–Trinajstić information content (AvgIpc) is 3.91. The number of aromatic nitrogens is 4. The summed E-state index contributed by atoms with van der Waals surface area (Å²) in [7, 11) is 0. The van der Waals surface area contributed by atoms with Crippen LogP contribution in [0.3, 0.4) is 0 Å². The van der Waals surface area contributed by atoms with Crippen LogP contribution in [-0.4, -0.2) is 19.5 Å². The van der Waals surface area contributed by atoms with Crippen molar-refractivity contribution in [2.24, 2.45) is 0 Å². The Morgan fingerprint density at radius 2 is 0.887 bits per heavy atom. The molecular formula is C57H36N4O. The van der Waals surface area contributed by atoms with Gasteiger partial charge in [0.1, 0.15) is 11.2 Å². The van der Waals surface area contributed by atoms with Crippen molar-refractivity contribution >= 4 is 43.7 Å². The summed E-state index contributed by atoms with van der Waals surface area (Å²) in [6, 6.07) is 76.1. The molecule has 0 aliphatic heterocycles. The molecule has 0 spiro atoms. The molecule has 5 nitrogen and oxygen atoms in total. The van der Waals surface area contributed by atoms with Gasteiger partial charge in [-0.3, -0.25) is 0 Å². The van der Waals surface area contributed by atoms with Crippen LogP contribution in [0.5, 0.6) is 0 Å².